The normalized spacial score (nSPS) is 15.5. The number of non-ortho nitro benzene ring substituents is 1. The van der Waals surface area contributed by atoms with E-state index >= 15 is 0 Å². The van der Waals surface area contributed by atoms with Gasteiger partial charge in [0.05, 0.1) is 16.5 Å². The van der Waals surface area contributed by atoms with E-state index in [1.807, 2.05) is 0 Å². The predicted octanol–water partition coefficient (Wildman–Crippen LogP) is 3.18. The summed E-state index contributed by atoms with van der Waals surface area (Å²) < 4.78 is 0. The molecule has 0 radical (unpaired) electrons. The smallest absolute Gasteiger partial charge is 0.339 e. The third kappa shape index (κ3) is 3.73. The monoisotopic (exact) mass is 459 g/mol. The molecule has 4 rings (SSSR count). The first kappa shape index (κ1) is 22.2. The molecule has 1 atom stereocenters. The molecule has 10 nitrogen and oxygen atoms in total. The standard InChI is InChI=1S/C24H17N3O7/c25-20-19(22(29)14-4-2-1-3-5-14)21(13-6-8-15(9-7-13)27(33)34)26(23(20)30)16-10-11-18(28)17(12-16)24(31)32/h1-12,21,28H,25H2,(H,31,32)/t21-/m1/s1. The quantitative estimate of drug-likeness (QED) is 0.287. The fraction of sp³-hybridized carbons (Fsp3) is 0.0417. The molecule has 3 aromatic carbocycles. The molecule has 10 heteroatoms. The second-order valence-corrected chi connectivity index (χ2v) is 7.46. The SMILES string of the molecule is NC1=C(C(=O)c2ccccc2)[C@@H](c2ccc([N+](=O)[O-])cc2)N(c2ccc(O)c(C(=O)O)c2)C1=O. The predicted molar refractivity (Wildman–Crippen MR) is 120 cm³/mol. The van der Waals surface area contributed by atoms with Crippen molar-refractivity contribution in [3.63, 3.8) is 0 Å². The minimum Gasteiger partial charge on any atom is -0.507 e. The maximum Gasteiger partial charge on any atom is 0.339 e. The lowest BCUT2D eigenvalue weighted by Crippen LogP contribution is -2.32. The van der Waals surface area contributed by atoms with Gasteiger partial charge in [-0.1, -0.05) is 30.3 Å². The zero-order valence-corrected chi connectivity index (χ0v) is 17.4. The number of carboxylic acids is 1. The van der Waals surface area contributed by atoms with Crippen molar-refractivity contribution >= 4 is 29.0 Å². The lowest BCUT2D eigenvalue weighted by molar-refractivity contribution is -0.384. The van der Waals surface area contributed by atoms with Gasteiger partial charge in [-0.05, 0) is 35.9 Å². The van der Waals surface area contributed by atoms with Crippen molar-refractivity contribution in [2.45, 2.75) is 6.04 Å². The molecule has 0 bridgehead atoms. The average Bonchev–Trinajstić information content (AvgIpc) is 3.10. The summed E-state index contributed by atoms with van der Waals surface area (Å²) in [5.74, 6) is -3.19. The Labute approximate surface area is 192 Å². The number of rotatable bonds is 6. The van der Waals surface area contributed by atoms with Crippen LogP contribution in [0.2, 0.25) is 0 Å². The van der Waals surface area contributed by atoms with Crippen molar-refractivity contribution in [2.75, 3.05) is 4.90 Å². The maximum atomic E-state index is 13.4. The summed E-state index contributed by atoms with van der Waals surface area (Å²) in [5, 5.41) is 30.4. The van der Waals surface area contributed by atoms with E-state index in [4.69, 9.17) is 5.73 Å². The van der Waals surface area contributed by atoms with Crippen LogP contribution in [0.25, 0.3) is 0 Å². The molecule has 0 aliphatic carbocycles. The molecule has 0 saturated carbocycles. The highest BCUT2D eigenvalue weighted by atomic mass is 16.6. The highest BCUT2D eigenvalue weighted by molar-refractivity contribution is 6.21. The maximum absolute atomic E-state index is 13.4. The van der Waals surface area contributed by atoms with Crippen LogP contribution in [0.3, 0.4) is 0 Å². The number of carboxylic acid groups (broad SMARTS) is 1. The Morgan fingerprint density at radius 2 is 1.65 bits per heavy atom. The number of ketones is 1. The van der Waals surface area contributed by atoms with Crippen molar-refractivity contribution in [3.8, 4) is 5.75 Å². The zero-order valence-electron chi connectivity index (χ0n) is 17.4. The number of nitro benzene ring substituents is 1. The summed E-state index contributed by atoms with van der Waals surface area (Å²) in [7, 11) is 0. The Hall–Kier alpha value is -4.99. The number of hydrogen-bond donors (Lipinski definition) is 3. The number of hydrogen-bond acceptors (Lipinski definition) is 7. The molecular weight excluding hydrogens is 442 g/mol. The second-order valence-electron chi connectivity index (χ2n) is 7.46. The number of aromatic carboxylic acids is 1. The largest absolute Gasteiger partial charge is 0.507 e. The van der Waals surface area contributed by atoms with Crippen molar-refractivity contribution in [1.82, 2.24) is 0 Å². The molecule has 0 aromatic heterocycles. The lowest BCUT2D eigenvalue weighted by Gasteiger charge is -2.27. The molecule has 1 aliphatic heterocycles. The number of amides is 1. The number of Topliss-reactive ketones (excluding diaryl/α,β-unsaturated/α-hetero) is 1. The van der Waals surface area contributed by atoms with Crippen molar-refractivity contribution < 1.29 is 29.5 Å². The highest BCUT2D eigenvalue weighted by Crippen LogP contribution is 2.42. The van der Waals surface area contributed by atoms with Crippen LogP contribution >= 0.6 is 0 Å². The number of nitro groups is 1. The number of aromatic hydroxyl groups is 1. The lowest BCUT2D eigenvalue weighted by atomic mass is 9.92. The summed E-state index contributed by atoms with van der Waals surface area (Å²) >= 11 is 0. The minimum atomic E-state index is -1.42. The first-order valence-corrected chi connectivity index (χ1v) is 9.94. The first-order chi connectivity index (χ1) is 16.2. The van der Waals surface area contributed by atoms with Crippen LogP contribution in [0.4, 0.5) is 11.4 Å². The van der Waals surface area contributed by atoms with Crippen molar-refractivity contribution in [2.24, 2.45) is 5.73 Å². The Kier molecular flexibility index (Phi) is 5.56. The van der Waals surface area contributed by atoms with Gasteiger partial charge in [-0.15, -0.1) is 0 Å². The van der Waals surface area contributed by atoms with Crippen LogP contribution in [0.15, 0.2) is 84.1 Å². The molecule has 1 amide bonds. The van der Waals surface area contributed by atoms with E-state index in [1.54, 1.807) is 30.3 Å². The van der Waals surface area contributed by atoms with Crippen LogP contribution in [-0.2, 0) is 4.79 Å². The highest BCUT2D eigenvalue weighted by Gasteiger charge is 2.43. The fourth-order valence-corrected chi connectivity index (χ4v) is 3.84. The van der Waals surface area contributed by atoms with Gasteiger partial charge in [0.15, 0.2) is 5.78 Å². The average molecular weight is 459 g/mol. The van der Waals surface area contributed by atoms with Crippen molar-refractivity contribution in [3.05, 3.63) is 111 Å². The molecule has 0 spiro atoms. The molecule has 0 fully saturated rings. The van der Waals surface area contributed by atoms with E-state index in [1.165, 1.54) is 30.3 Å². The number of carbonyl (C=O) groups is 3. The van der Waals surface area contributed by atoms with Gasteiger partial charge < -0.3 is 15.9 Å². The van der Waals surface area contributed by atoms with Crippen LogP contribution in [0.1, 0.15) is 32.3 Å². The molecule has 170 valence electrons. The second kappa shape index (κ2) is 8.51. The molecule has 0 saturated heterocycles. The van der Waals surface area contributed by atoms with Crippen LogP contribution < -0.4 is 10.6 Å². The van der Waals surface area contributed by atoms with E-state index < -0.39 is 39.9 Å². The van der Waals surface area contributed by atoms with Crippen molar-refractivity contribution in [1.29, 1.82) is 0 Å². The topological polar surface area (TPSA) is 164 Å². The summed E-state index contributed by atoms with van der Waals surface area (Å²) in [4.78, 5) is 49.8. The van der Waals surface area contributed by atoms with E-state index in [9.17, 15) is 34.7 Å². The van der Waals surface area contributed by atoms with Gasteiger partial charge >= 0.3 is 5.97 Å². The van der Waals surface area contributed by atoms with E-state index in [0.717, 1.165) is 17.0 Å². The summed E-state index contributed by atoms with van der Waals surface area (Å²) in [6.45, 7) is 0. The summed E-state index contributed by atoms with van der Waals surface area (Å²) in [6.07, 6.45) is 0. The Bertz CT molecular complexity index is 1370. The van der Waals surface area contributed by atoms with Gasteiger partial charge in [0.2, 0.25) is 0 Å². The van der Waals surface area contributed by atoms with Crippen LogP contribution in [-0.4, -0.2) is 32.8 Å². The Morgan fingerprint density at radius 3 is 2.24 bits per heavy atom. The van der Waals surface area contributed by atoms with E-state index in [2.05, 4.69) is 0 Å². The number of nitrogens with two attached hydrogens (primary N) is 1. The summed E-state index contributed by atoms with van der Waals surface area (Å²) in [5.41, 5.74) is 5.80. The van der Waals surface area contributed by atoms with E-state index in [0.29, 0.717) is 5.56 Å². The fourth-order valence-electron chi connectivity index (χ4n) is 3.84. The molecule has 1 heterocycles. The van der Waals surface area contributed by atoms with E-state index in [-0.39, 0.29) is 28.2 Å². The molecular formula is C24H17N3O7. The molecule has 34 heavy (non-hydrogen) atoms. The molecule has 3 aromatic rings. The number of nitrogens with zero attached hydrogens (tertiary/aromatic N) is 2. The van der Waals surface area contributed by atoms with Gasteiger partial charge in [0.25, 0.3) is 11.6 Å². The van der Waals surface area contributed by atoms with Gasteiger partial charge in [0, 0.05) is 23.4 Å². The third-order valence-corrected chi connectivity index (χ3v) is 5.46. The number of phenols is 1. The van der Waals surface area contributed by atoms with Crippen LogP contribution in [0, 0.1) is 10.1 Å². The number of benzene rings is 3. The van der Waals surface area contributed by atoms with Crippen LogP contribution in [0.5, 0.6) is 5.75 Å². The minimum absolute atomic E-state index is 0.0463. The van der Waals surface area contributed by atoms with Gasteiger partial charge in [-0.25, -0.2) is 4.79 Å². The Morgan fingerprint density at radius 1 is 1.00 bits per heavy atom. The third-order valence-electron chi connectivity index (χ3n) is 5.46. The van der Waals surface area contributed by atoms with Gasteiger partial charge in [-0.3, -0.25) is 24.6 Å². The Balaban J connectivity index is 1.90. The summed E-state index contributed by atoms with van der Waals surface area (Å²) in [6, 6.07) is 15.9. The number of carbonyl (C=O) groups excluding carboxylic acids is 2. The molecule has 1 aliphatic rings. The van der Waals surface area contributed by atoms with Gasteiger partial charge in [-0.2, -0.15) is 0 Å². The molecule has 0 unspecified atom stereocenters. The van der Waals surface area contributed by atoms with Gasteiger partial charge in [0.1, 0.15) is 17.0 Å². The number of anilines is 1. The zero-order chi connectivity index (χ0) is 24.6. The first-order valence-electron chi connectivity index (χ1n) is 9.94. The molecule has 4 N–H and O–H groups in total.